The molecular weight excluding hydrogens is 470 g/mol. The van der Waals surface area contributed by atoms with Gasteiger partial charge in [-0.2, -0.15) is 0 Å². The van der Waals surface area contributed by atoms with Gasteiger partial charge in [0, 0.05) is 50.2 Å². The summed E-state index contributed by atoms with van der Waals surface area (Å²) in [5, 5.41) is 2.99. The molecule has 1 spiro atoms. The number of nitrogens with one attached hydrogen (secondary N) is 1. The van der Waals surface area contributed by atoms with Crippen molar-refractivity contribution in [2.45, 2.75) is 57.4 Å². The van der Waals surface area contributed by atoms with Crippen LogP contribution in [-0.2, 0) is 14.3 Å². The van der Waals surface area contributed by atoms with E-state index in [4.69, 9.17) is 9.47 Å². The van der Waals surface area contributed by atoms with Crippen molar-refractivity contribution >= 4 is 17.7 Å². The van der Waals surface area contributed by atoms with Crippen LogP contribution >= 0.6 is 0 Å². The topological polar surface area (TPSA) is 88.2 Å². The van der Waals surface area contributed by atoms with Crippen molar-refractivity contribution in [1.82, 2.24) is 15.1 Å². The van der Waals surface area contributed by atoms with Crippen LogP contribution < -0.4 is 5.32 Å². The van der Waals surface area contributed by atoms with Crippen molar-refractivity contribution in [2.75, 3.05) is 32.8 Å². The molecule has 5 rings (SSSR count). The Morgan fingerprint density at radius 3 is 2.51 bits per heavy atom. The van der Waals surface area contributed by atoms with Gasteiger partial charge in [0.1, 0.15) is 11.8 Å². The summed E-state index contributed by atoms with van der Waals surface area (Å²) < 4.78 is 12.0. The minimum Gasteiger partial charge on any atom is -0.376 e. The van der Waals surface area contributed by atoms with Crippen molar-refractivity contribution in [3.8, 4) is 0 Å². The zero-order chi connectivity index (χ0) is 26.0. The molecule has 0 bridgehead atoms. The number of aryl methyl sites for hydroxylation is 2. The van der Waals surface area contributed by atoms with Gasteiger partial charge in [0.05, 0.1) is 12.7 Å². The molecule has 3 saturated heterocycles. The third-order valence-electron chi connectivity index (χ3n) is 7.78. The van der Waals surface area contributed by atoms with Crippen molar-refractivity contribution in [2.24, 2.45) is 0 Å². The highest BCUT2D eigenvalue weighted by Crippen LogP contribution is 2.39. The Bertz CT molecular complexity index is 1170. The van der Waals surface area contributed by atoms with Gasteiger partial charge in [-0.25, -0.2) is 0 Å². The molecule has 37 heavy (non-hydrogen) atoms. The van der Waals surface area contributed by atoms with Crippen LogP contribution in [0.25, 0.3) is 0 Å². The fraction of sp³-hybridized carbons (Fsp3) is 0.483. The molecule has 0 radical (unpaired) electrons. The molecule has 8 heteroatoms. The van der Waals surface area contributed by atoms with Crippen molar-refractivity contribution in [3.05, 3.63) is 70.8 Å². The van der Waals surface area contributed by atoms with Crippen LogP contribution in [0.3, 0.4) is 0 Å². The zero-order valence-corrected chi connectivity index (χ0v) is 21.6. The molecule has 3 heterocycles. The van der Waals surface area contributed by atoms with Crippen molar-refractivity contribution < 1.29 is 23.9 Å². The van der Waals surface area contributed by atoms with Crippen LogP contribution in [0, 0.1) is 13.8 Å². The Labute approximate surface area is 217 Å². The molecular formula is C29H35N3O5. The maximum atomic E-state index is 13.9. The van der Waals surface area contributed by atoms with Crippen LogP contribution in [0.2, 0.25) is 0 Å². The quantitative estimate of drug-likeness (QED) is 0.675. The first-order chi connectivity index (χ1) is 17.9. The number of carbonyl (C=O) groups excluding carboxylic acids is 3. The lowest BCUT2D eigenvalue weighted by atomic mass is 9.95. The zero-order valence-electron chi connectivity index (χ0n) is 21.6. The van der Waals surface area contributed by atoms with E-state index in [1.165, 1.54) is 0 Å². The minimum absolute atomic E-state index is 0.0110. The van der Waals surface area contributed by atoms with E-state index in [1.807, 2.05) is 61.2 Å². The first-order valence-corrected chi connectivity index (χ1v) is 13.2. The second-order valence-electron chi connectivity index (χ2n) is 10.3. The average Bonchev–Trinajstić information content (AvgIpc) is 3.56. The standard InChI is InChI=1S/C29H35N3O5/c1-20-7-5-9-22(17-20)27(34)32-25(26(33)30-18-23-10-6-16-36-23)19-37-29(32)12-14-31(15-13-29)28(35)24-11-4-3-8-21(24)2/h3-5,7-9,11,17,23,25H,6,10,12-16,18-19H2,1-2H3,(H,30,33)/t23-,25+/m0/s1. The highest BCUT2D eigenvalue weighted by Gasteiger charge is 2.54. The van der Waals surface area contributed by atoms with E-state index >= 15 is 0 Å². The van der Waals surface area contributed by atoms with E-state index in [9.17, 15) is 14.4 Å². The fourth-order valence-electron chi connectivity index (χ4n) is 5.66. The smallest absolute Gasteiger partial charge is 0.256 e. The van der Waals surface area contributed by atoms with Gasteiger partial charge >= 0.3 is 0 Å². The van der Waals surface area contributed by atoms with Crippen LogP contribution in [0.5, 0.6) is 0 Å². The lowest BCUT2D eigenvalue weighted by Gasteiger charge is -2.44. The van der Waals surface area contributed by atoms with E-state index < -0.39 is 11.8 Å². The molecule has 2 aromatic rings. The molecule has 3 aliphatic rings. The van der Waals surface area contributed by atoms with Gasteiger partial charge in [0.15, 0.2) is 0 Å². The van der Waals surface area contributed by atoms with Gasteiger partial charge in [-0.05, 0) is 50.5 Å². The predicted molar refractivity (Wildman–Crippen MR) is 138 cm³/mol. The van der Waals surface area contributed by atoms with E-state index in [0.717, 1.165) is 24.0 Å². The molecule has 0 saturated carbocycles. The molecule has 0 unspecified atom stereocenters. The molecule has 3 amide bonds. The number of benzene rings is 2. The molecule has 196 valence electrons. The van der Waals surface area contributed by atoms with Gasteiger partial charge in [0.2, 0.25) is 5.91 Å². The lowest BCUT2D eigenvalue weighted by Crippen LogP contribution is -2.60. The molecule has 0 aromatic heterocycles. The van der Waals surface area contributed by atoms with Crippen LogP contribution in [-0.4, -0.2) is 78.2 Å². The number of hydrogen-bond acceptors (Lipinski definition) is 5. The SMILES string of the molecule is Cc1cccc(C(=O)N2[C@@H](C(=O)NC[C@@H]3CCCO3)COC23CCN(C(=O)c2ccccc2C)CC3)c1. The van der Waals surface area contributed by atoms with E-state index in [2.05, 4.69) is 5.32 Å². The number of nitrogens with zero attached hydrogens (tertiary/aromatic N) is 2. The maximum Gasteiger partial charge on any atom is 0.256 e. The highest BCUT2D eigenvalue weighted by molar-refractivity contribution is 5.99. The highest BCUT2D eigenvalue weighted by atomic mass is 16.5. The number of rotatable bonds is 5. The van der Waals surface area contributed by atoms with Crippen LogP contribution in [0.15, 0.2) is 48.5 Å². The Morgan fingerprint density at radius 1 is 1.03 bits per heavy atom. The van der Waals surface area contributed by atoms with Crippen molar-refractivity contribution in [3.63, 3.8) is 0 Å². The van der Waals surface area contributed by atoms with E-state index in [-0.39, 0.29) is 30.4 Å². The average molecular weight is 506 g/mol. The summed E-state index contributed by atoms with van der Waals surface area (Å²) in [4.78, 5) is 43.9. The van der Waals surface area contributed by atoms with Gasteiger partial charge < -0.3 is 19.7 Å². The summed E-state index contributed by atoms with van der Waals surface area (Å²) in [6.45, 7) is 6.01. The van der Waals surface area contributed by atoms with Gasteiger partial charge in [-0.1, -0.05) is 35.9 Å². The molecule has 3 aliphatic heterocycles. The summed E-state index contributed by atoms with van der Waals surface area (Å²) >= 11 is 0. The Morgan fingerprint density at radius 2 is 1.81 bits per heavy atom. The third kappa shape index (κ3) is 5.13. The van der Waals surface area contributed by atoms with Gasteiger partial charge in [-0.3, -0.25) is 19.3 Å². The third-order valence-corrected chi connectivity index (χ3v) is 7.78. The number of ether oxygens (including phenoxy) is 2. The van der Waals surface area contributed by atoms with Crippen molar-refractivity contribution in [1.29, 1.82) is 0 Å². The number of hydrogen-bond donors (Lipinski definition) is 1. The normalized spacial score (nSPS) is 22.9. The monoisotopic (exact) mass is 505 g/mol. The molecule has 1 N–H and O–H groups in total. The van der Waals surface area contributed by atoms with Gasteiger partial charge in [-0.15, -0.1) is 0 Å². The molecule has 0 aliphatic carbocycles. The largest absolute Gasteiger partial charge is 0.376 e. The van der Waals surface area contributed by atoms with Gasteiger partial charge in [0.25, 0.3) is 11.8 Å². The van der Waals surface area contributed by atoms with Crippen LogP contribution in [0.1, 0.15) is 57.5 Å². The first-order valence-electron chi connectivity index (χ1n) is 13.2. The van der Waals surface area contributed by atoms with E-state index in [0.29, 0.717) is 50.2 Å². The molecule has 2 aromatic carbocycles. The number of carbonyl (C=O) groups is 3. The summed E-state index contributed by atoms with van der Waals surface area (Å²) in [7, 11) is 0. The second kappa shape index (κ2) is 10.6. The molecule has 3 fully saturated rings. The second-order valence-corrected chi connectivity index (χ2v) is 10.3. The Hall–Kier alpha value is -3.23. The Balaban J connectivity index is 1.36. The maximum absolute atomic E-state index is 13.9. The predicted octanol–water partition coefficient (Wildman–Crippen LogP) is 3.07. The summed E-state index contributed by atoms with van der Waals surface area (Å²) in [5.74, 6) is -0.475. The summed E-state index contributed by atoms with van der Waals surface area (Å²) in [5.41, 5.74) is 2.18. The molecule has 2 atom stereocenters. The first kappa shape index (κ1) is 25.4. The fourth-order valence-corrected chi connectivity index (χ4v) is 5.66. The summed E-state index contributed by atoms with van der Waals surface area (Å²) in [6.07, 6.45) is 2.81. The summed E-state index contributed by atoms with van der Waals surface area (Å²) in [6, 6.07) is 14.2. The number of piperidine rings is 1. The molecule has 8 nitrogen and oxygen atoms in total. The number of amides is 3. The minimum atomic E-state index is -0.935. The lowest BCUT2D eigenvalue weighted by molar-refractivity contribution is -0.128. The Kier molecular flexibility index (Phi) is 7.31. The van der Waals surface area contributed by atoms with E-state index in [1.54, 1.807) is 11.0 Å². The number of likely N-dealkylation sites (tertiary alicyclic amines) is 1. The van der Waals surface area contributed by atoms with Crippen LogP contribution in [0.4, 0.5) is 0 Å².